The maximum Gasteiger partial charge on any atom is 0.228 e. The lowest BCUT2D eigenvalue weighted by atomic mass is 9.95. The molecular weight excluding hydrogens is 186 g/mol. The first-order valence-electron chi connectivity index (χ1n) is 5.96. The zero-order valence-electron chi connectivity index (χ0n) is 11.4. The number of amides is 1. The van der Waals surface area contributed by atoms with E-state index in [1.807, 2.05) is 65.5 Å². The molecule has 2 nitrogen and oxygen atoms in total. The second-order valence-electron chi connectivity index (χ2n) is 3.93. The van der Waals surface area contributed by atoms with Crippen molar-refractivity contribution in [2.75, 3.05) is 13.1 Å². The molecular formula is C13H27NO. The largest absolute Gasteiger partial charge is 0.335 e. The van der Waals surface area contributed by atoms with Gasteiger partial charge in [0.2, 0.25) is 5.91 Å². The van der Waals surface area contributed by atoms with Crippen molar-refractivity contribution < 1.29 is 4.79 Å². The Balaban J connectivity index is 0. The monoisotopic (exact) mass is 213 g/mol. The molecule has 0 aromatic carbocycles. The molecule has 1 rings (SSSR count). The minimum absolute atomic E-state index is 0.230. The topological polar surface area (TPSA) is 20.3 Å². The number of hydrogen-bond acceptors (Lipinski definition) is 1. The first-order chi connectivity index (χ1) is 7.02. The summed E-state index contributed by atoms with van der Waals surface area (Å²) in [5.41, 5.74) is -0.230. The van der Waals surface area contributed by atoms with Gasteiger partial charge in [-0.25, -0.2) is 0 Å². The van der Waals surface area contributed by atoms with Crippen LogP contribution in [0.25, 0.3) is 0 Å². The Bertz CT molecular complexity index is 181. The van der Waals surface area contributed by atoms with Crippen molar-refractivity contribution in [2.24, 2.45) is 5.41 Å². The Labute approximate surface area is 95.4 Å². The molecule has 0 aromatic heterocycles. The highest BCUT2D eigenvalue weighted by atomic mass is 16.2. The number of hydrogen-bond donors (Lipinski definition) is 0. The van der Waals surface area contributed by atoms with Gasteiger partial charge in [-0.1, -0.05) is 60.6 Å². The van der Waals surface area contributed by atoms with Gasteiger partial charge in [-0.2, -0.15) is 0 Å². The van der Waals surface area contributed by atoms with E-state index in [1.54, 1.807) is 0 Å². The fourth-order valence-corrected chi connectivity index (χ4v) is 1.12. The highest BCUT2D eigenvalue weighted by molar-refractivity contribution is 5.82. The Hall–Kier alpha value is -0.790. The number of carbonyl (C=O) groups excluding carboxylic acids is 1. The van der Waals surface area contributed by atoms with Gasteiger partial charge < -0.3 is 4.90 Å². The van der Waals surface area contributed by atoms with Crippen LogP contribution in [0.1, 0.15) is 48.5 Å². The van der Waals surface area contributed by atoms with Gasteiger partial charge in [-0.15, -0.1) is 0 Å². The van der Waals surface area contributed by atoms with E-state index in [4.69, 9.17) is 0 Å². The summed E-state index contributed by atoms with van der Waals surface area (Å²) in [6.07, 6.45) is 4.06. The molecule has 1 amide bonds. The van der Waals surface area contributed by atoms with Crippen LogP contribution in [0.4, 0.5) is 0 Å². The Morgan fingerprint density at radius 2 is 1.33 bits per heavy atom. The minimum Gasteiger partial charge on any atom is -0.335 e. The molecule has 15 heavy (non-hydrogen) atoms. The fourth-order valence-electron chi connectivity index (χ4n) is 1.12. The third-order valence-electron chi connectivity index (χ3n) is 1.75. The Morgan fingerprint density at radius 1 is 1.00 bits per heavy atom. The van der Waals surface area contributed by atoms with E-state index in [0.717, 1.165) is 13.1 Å². The van der Waals surface area contributed by atoms with Crippen molar-refractivity contribution in [3.8, 4) is 0 Å². The maximum absolute atomic E-state index is 11.6. The second kappa shape index (κ2) is 8.51. The van der Waals surface area contributed by atoms with Gasteiger partial charge in [-0.05, 0) is 0 Å². The Kier molecular flexibility index (Phi) is 9.44. The average Bonchev–Trinajstić information content (AvgIpc) is 2.74. The van der Waals surface area contributed by atoms with Crippen molar-refractivity contribution in [3.63, 3.8) is 0 Å². The number of carbonyl (C=O) groups is 1. The van der Waals surface area contributed by atoms with Gasteiger partial charge in [0.05, 0.1) is 0 Å². The van der Waals surface area contributed by atoms with Crippen LogP contribution in [-0.4, -0.2) is 23.9 Å². The molecule has 0 saturated carbocycles. The quantitative estimate of drug-likeness (QED) is 0.564. The van der Waals surface area contributed by atoms with E-state index >= 15 is 0 Å². The van der Waals surface area contributed by atoms with Gasteiger partial charge in [-0.3, -0.25) is 4.79 Å². The smallest absolute Gasteiger partial charge is 0.228 e. The molecule has 0 spiro atoms. The van der Waals surface area contributed by atoms with Gasteiger partial charge >= 0.3 is 0 Å². The van der Waals surface area contributed by atoms with Crippen LogP contribution >= 0.6 is 0 Å². The SMILES string of the molecule is CC.CC.CC(C)(C)C(=O)N1CC=CC1. The standard InChI is InChI=1S/C9H15NO.2C2H6/c1-9(2,3)8(11)10-6-4-5-7-10;2*1-2/h4-5H,6-7H2,1-3H3;2*1-2H3. The summed E-state index contributed by atoms with van der Waals surface area (Å²) in [6, 6.07) is 0. The van der Waals surface area contributed by atoms with E-state index in [1.165, 1.54) is 0 Å². The van der Waals surface area contributed by atoms with E-state index in [2.05, 4.69) is 0 Å². The van der Waals surface area contributed by atoms with Crippen molar-refractivity contribution >= 4 is 5.91 Å². The summed E-state index contributed by atoms with van der Waals surface area (Å²) >= 11 is 0. The third-order valence-corrected chi connectivity index (χ3v) is 1.75. The van der Waals surface area contributed by atoms with E-state index in [0.29, 0.717) is 0 Å². The predicted molar refractivity (Wildman–Crippen MR) is 67.9 cm³/mol. The van der Waals surface area contributed by atoms with Gasteiger partial charge in [0.15, 0.2) is 0 Å². The average molecular weight is 213 g/mol. The van der Waals surface area contributed by atoms with Crippen molar-refractivity contribution in [1.29, 1.82) is 0 Å². The number of nitrogens with zero attached hydrogens (tertiary/aromatic N) is 1. The maximum atomic E-state index is 11.6. The molecule has 0 saturated heterocycles. The summed E-state index contributed by atoms with van der Waals surface area (Å²) in [6.45, 7) is 15.4. The molecule has 0 unspecified atom stereocenters. The molecule has 0 N–H and O–H groups in total. The first kappa shape index (κ1) is 16.6. The molecule has 1 aliphatic rings. The molecule has 0 bridgehead atoms. The lowest BCUT2D eigenvalue weighted by molar-refractivity contribution is -0.137. The number of rotatable bonds is 0. The van der Waals surface area contributed by atoms with E-state index in [-0.39, 0.29) is 11.3 Å². The van der Waals surface area contributed by atoms with Crippen LogP contribution in [0.3, 0.4) is 0 Å². The minimum atomic E-state index is -0.230. The molecule has 0 aromatic rings. The first-order valence-corrected chi connectivity index (χ1v) is 5.96. The van der Waals surface area contributed by atoms with Crippen molar-refractivity contribution in [2.45, 2.75) is 48.5 Å². The summed E-state index contributed by atoms with van der Waals surface area (Å²) in [5.74, 6) is 0.238. The second-order valence-corrected chi connectivity index (χ2v) is 3.93. The molecule has 0 atom stereocenters. The molecule has 1 aliphatic heterocycles. The van der Waals surface area contributed by atoms with Crippen molar-refractivity contribution in [1.82, 2.24) is 4.90 Å². The van der Waals surface area contributed by atoms with Crippen LogP contribution < -0.4 is 0 Å². The third kappa shape index (κ3) is 6.32. The normalized spacial score (nSPS) is 13.7. The summed E-state index contributed by atoms with van der Waals surface area (Å²) in [4.78, 5) is 13.4. The Morgan fingerprint density at radius 3 is 1.60 bits per heavy atom. The molecule has 0 fully saturated rings. The molecule has 2 heteroatoms. The van der Waals surface area contributed by atoms with Gasteiger partial charge in [0.1, 0.15) is 0 Å². The summed E-state index contributed by atoms with van der Waals surface area (Å²) in [7, 11) is 0. The van der Waals surface area contributed by atoms with Crippen molar-refractivity contribution in [3.05, 3.63) is 12.2 Å². The lowest BCUT2D eigenvalue weighted by Gasteiger charge is -2.25. The van der Waals surface area contributed by atoms with Crippen LogP contribution in [0.2, 0.25) is 0 Å². The molecule has 0 aliphatic carbocycles. The van der Waals surface area contributed by atoms with Crippen LogP contribution in [0.15, 0.2) is 12.2 Å². The van der Waals surface area contributed by atoms with Gasteiger partial charge in [0.25, 0.3) is 0 Å². The van der Waals surface area contributed by atoms with E-state index < -0.39 is 0 Å². The predicted octanol–water partition coefficient (Wildman–Crippen LogP) is 3.48. The molecule has 90 valence electrons. The van der Waals surface area contributed by atoms with E-state index in [9.17, 15) is 4.79 Å². The van der Waals surface area contributed by atoms with Crippen LogP contribution in [0.5, 0.6) is 0 Å². The highest BCUT2D eigenvalue weighted by Gasteiger charge is 2.26. The van der Waals surface area contributed by atoms with Crippen LogP contribution in [0, 0.1) is 5.41 Å². The lowest BCUT2D eigenvalue weighted by Crippen LogP contribution is -2.37. The summed E-state index contributed by atoms with van der Waals surface area (Å²) < 4.78 is 0. The zero-order chi connectivity index (χ0) is 12.5. The summed E-state index contributed by atoms with van der Waals surface area (Å²) in [5, 5.41) is 0. The highest BCUT2D eigenvalue weighted by Crippen LogP contribution is 2.18. The van der Waals surface area contributed by atoms with Gasteiger partial charge in [0, 0.05) is 18.5 Å². The molecule has 0 radical (unpaired) electrons. The van der Waals surface area contributed by atoms with Crippen LogP contribution in [-0.2, 0) is 4.79 Å². The zero-order valence-corrected chi connectivity index (χ0v) is 11.4. The fraction of sp³-hybridized carbons (Fsp3) is 0.769. The molecule has 1 heterocycles.